The summed E-state index contributed by atoms with van der Waals surface area (Å²) in [5.74, 6) is -0.251. The summed E-state index contributed by atoms with van der Waals surface area (Å²) in [6.07, 6.45) is 1.53. The number of hydrogen-bond acceptors (Lipinski definition) is 4. The highest BCUT2D eigenvalue weighted by atomic mass is 32.2. The van der Waals surface area contributed by atoms with E-state index < -0.39 is 0 Å². The van der Waals surface area contributed by atoms with E-state index in [1.165, 1.54) is 23.9 Å². The van der Waals surface area contributed by atoms with Crippen molar-refractivity contribution >= 4 is 11.8 Å². The molecule has 2 aromatic rings. The van der Waals surface area contributed by atoms with E-state index in [0.717, 1.165) is 29.7 Å². The van der Waals surface area contributed by atoms with Crippen LogP contribution in [-0.2, 0) is 12.8 Å². The number of halogens is 1. The highest BCUT2D eigenvalue weighted by Crippen LogP contribution is 2.36. The summed E-state index contributed by atoms with van der Waals surface area (Å²) >= 11 is 1.48. The van der Waals surface area contributed by atoms with Crippen LogP contribution in [0.3, 0.4) is 0 Å². The summed E-state index contributed by atoms with van der Waals surface area (Å²) in [5.41, 5.74) is 3.48. The maximum atomic E-state index is 13.0. The summed E-state index contributed by atoms with van der Waals surface area (Å²) in [7, 11) is 0. The van der Waals surface area contributed by atoms with Crippen molar-refractivity contribution in [2.75, 3.05) is 0 Å². The number of aryl methyl sites for hydroxylation is 1. The van der Waals surface area contributed by atoms with E-state index in [1.807, 2.05) is 20.8 Å². The molecule has 0 N–H and O–H groups in total. The molecule has 0 saturated carbocycles. The number of rotatable bonds is 5. The number of hydrogen-bond donors (Lipinski definition) is 0. The zero-order chi connectivity index (χ0) is 16.1. The van der Waals surface area contributed by atoms with Gasteiger partial charge in [-0.1, -0.05) is 37.7 Å². The lowest BCUT2D eigenvalue weighted by atomic mass is 10.1. The molecule has 0 aliphatic heterocycles. The number of aromatic nitrogens is 2. The second-order valence-corrected chi connectivity index (χ2v) is 6.27. The monoisotopic (exact) mass is 315 g/mol. The summed E-state index contributed by atoms with van der Waals surface area (Å²) in [6.45, 7) is 6.05. The van der Waals surface area contributed by atoms with E-state index in [0.29, 0.717) is 10.6 Å². The van der Waals surface area contributed by atoms with Gasteiger partial charge in [0.25, 0.3) is 0 Å². The fourth-order valence-electron chi connectivity index (χ4n) is 2.32. The third kappa shape index (κ3) is 3.45. The topological polar surface area (TPSA) is 49.6 Å². The smallest absolute Gasteiger partial charge is 0.137 e. The second-order valence-electron chi connectivity index (χ2n) is 4.94. The molecule has 0 fully saturated rings. The third-order valence-electron chi connectivity index (χ3n) is 3.55. The van der Waals surface area contributed by atoms with Crippen molar-refractivity contribution < 1.29 is 4.39 Å². The first kappa shape index (κ1) is 16.4. The van der Waals surface area contributed by atoms with Crippen LogP contribution in [0.15, 0.2) is 29.3 Å². The van der Waals surface area contributed by atoms with Gasteiger partial charge in [0.1, 0.15) is 16.9 Å². The van der Waals surface area contributed by atoms with Gasteiger partial charge in [-0.2, -0.15) is 10.4 Å². The Balaban J connectivity index is 2.33. The molecule has 0 aliphatic carbocycles. The molecule has 1 atom stereocenters. The van der Waals surface area contributed by atoms with Crippen molar-refractivity contribution in [3.63, 3.8) is 0 Å². The van der Waals surface area contributed by atoms with E-state index in [1.54, 1.807) is 12.1 Å². The Bertz CT molecular complexity index is 692. The molecule has 0 spiro atoms. The van der Waals surface area contributed by atoms with Crippen LogP contribution in [-0.4, -0.2) is 10.2 Å². The normalized spacial score (nSPS) is 12.0. The van der Waals surface area contributed by atoms with Crippen molar-refractivity contribution in [1.29, 1.82) is 5.26 Å². The summed E-state index contributed by atoms with van der Waals surface area (Å²) < 4.78 is 13.0. The lowest BCUT2D eigenvalue weighted by Crippen LogP contribution is -2.05. The lowest BCUT2D eigenvalue weighted by molar-refractivity contribution is 0.627. The molecule has 22 heavy (non-hydrogen) atoms. The molecule has 0 radical (unpaired) electrons. The van der Waals surface area contributed by atoms with Gasteiger partial charge in [-0.05, 0) is 43.0 Å². The first-order valence-electron chi connectivity index (χ1n) is 7.31. The van der Waals surface area contributed by atoms with Crippen LogP contribution in [0.25, 0.3) is 0 Å². The van der Waals surface area contributed by atoms with Crippen molar-refractivity contribution in [1.82, 2.24) is 10.2 Å². The molecular weight excluding hydrogens is 297 g/mol. The zero-order valence-corrected chi connectivity index (χ0v) is 13.7. The zero-order valence-electron chi connectivity index (χ0n) is 12.9. The Morgan fingerprint density at radius 3 is 2.41 bits per heavy atom. The van der Waals surface area contributed by atoms with Gasteiger partial charge < -0.3 is 0 Å². The highest BCUT2D eigenvalue weighted by molar-refractivity contribution is 7.99. The van der Waals surface area contributed by atoms with Gasteiger partial charge in [0, 0.05) is 5.25 Å². The van der Waals surface area contributed by atoms with Gasteiger partial charge in [-0.25, -0.2) is 4.39 Å². The first-order chi connectivity index (χ1) is 10.6. The van der Waals surface area contributed by atoms with Gasteiger partial charge in [0.15, 0.2) is 0 Å². The summed E-state index contributed by atoms with van der Waals surface area (Å²) in [4.78, 5) is 0. The summed E-state index contributed by atoms with van der Waals surface area (Å²) in [6, 6.07) is 8.68. The molecule has 1 aromatic heterocycles. The standard InChI is InChI=1S/C17H18FN3S/c1-4-14-15(10-19)17(21-20-16(14)5-2)22-11(3)12-6-8-13(18)9-7-12/h6-9,11H,4-5H2,1-3H3. The minimum Gasteiger partial charge on any atom is -0.207 e. The predicted octanol–water partition coefficient (Wildman–Crippen LogP) is 4.47. The van der Waals surface area contributed by atoms with Gasteiger partial charge in [0.2, 0.25) is 0 Å². The number of benzene rings is 1. The van der Waals surface area contributed by atoms with Crippen LogP contribution in [0.4, 0.5) is 4.39 Å². The highest BCUT2D eigenvalue weighted by Gasteiger charge is 2.17. The van der Waals surface area contributed by atoms with Crippen LogP contribution < -0.4 is 0 Å². The molecule has 1 unspecified atom stereocenters. The summed E-state index contributed by atoms with van der Waals surface area (Å²) in [5, 5.41) is 18.7. The fourth-order valence-corrected chi connectivity index (χ4v) is 3.32. The van der Waals surface area contributed by atoms with Gasteiger partial charge in [-0.15, -0.1) is 5.10 Å². The molecule has 0 aliphatic rings. The quantitative estimate of drug-likeness (QED) is 0.764. The van der Waals surface area contributed by atoms with Gasteiger partial charge in [-0.3, -0.25) is 0 Å². The molecule has 2 rings (SSSR count). The Hall–Kier alpha value is -1.93. The maximum absolute atomic E-state index is 13.0. The lowest BCUT2D eigenvalue weighted by Gasteiger charge is -2.14. The number of nitrogens with zero attached hydrogens (tertiary/aromatic N) is 3. The maximum Gasteiger partial charge on any atom is 0.137 e. The second kappa shape index (κ2) is 7.37. The predicted molar refractivity (Wildman–Crippen MR) is 86.2 cm³/mol. The Labute approximate surface area is 134 Å². The Kier molecular flexibility index (Phi) is 5.51. The van der Waals surface area contributed by atoms with Crippen molar-refractivity contribution in [3.05, 3.63) is 52.5 Å². The van der Waals surface area contributed by atoms with Crippen LogP contribution >= 0.6 is 11.8 Å². The molecule has 0 saturated heterocycles. The van der Waals surface area contributed by atoms with Crippen molar-refractivity contribution in [3.8, 4) is 6.07 Å². The molecule has 3 nitrogen and oxygen atoms in total. The van der Waals surface area contributed by atoms with Gasteiger partial charge in [0.05, 0.1) is 11.3 Å². The van der Waals surface area contributed by atoms with E-state index in [2.05, 4.69) is 16.3 Å². The number of thioether (sulfide) groups is 1. The van der Waals surface area contributed by atoms with Crippen LogP contribution in [0, 0.1) is 17.1 Å². The van der Waals surface area contributed by atoms with Crippen molar-refractivity contribution in [2.24, 2.45) is 0 Å². The minimum absolute atomic E-state index is 0.0687. The van der Waals surface area contributed by atoms with E-state index in [-0.39, 0.29) is 11.1 Å². The number of nitriles is 1. The Morgan fingerprint density at radius 2 is 1.86 bits per heavy atom. The molecule has 0 bridgehead atoms. The molecule has 1 heterocycles. The van der Waals surface area contributed by atoms with Crippen LogP contribution in [0.1, 0.15) is 48.4 Å². The SMILES string of the molecule is CCc1nnc(SC(C)c2ccc(F)cc2)c(C#N)c1CC. The third-order valence-corrected chi connectivity index (χ3v) is 4.69. The molecular formula is C17H18FN3S. The van der Waals surface area contributed by atoms with Crippen LogP contribution in [0.2, 0.25) is 0 Å². The van der Waals surface area contributed by atoms with Crippen molar-refractivity contribution in [2.45, 2.75) is 43.9 Å². The fraction of sp³-hybridized carbons (Fsp3) is 0.353. The van der Waals surface area contributed by atoms with Gasteiger partial charge >= 0.3 is 0 Å². The molecule has 5 heteroatoms. The minimum atomic E-state index is -0.251. The first-order valence-corrected chi connectivity index (χ1v) is 8.19. The average Bonchev–Trinajstić information content (AvgIpc) is 2.54. The largest absolute Gasteiger partial charge is 0.207 e. The Morgan fingerprint density at radius 1 is 1.18 bits per heavy atom. The molecule has 0 amide bonds. The van der Waals surface area contributed by atoms with E-state index >= 15 is 0 Å². The molecule has 1 aromatic carbocycles. The van der Waals surface area contributed by atoms with Crippen LogP contribution in [0.5, 0.6) is 0 Å². The van der Waals surface area contributed by atoms with E-state index in [4.69, 9.17) is 0 Å². The molecule has 114 valence electrons. The average molecular weight is 315 g/mol. The van der Waals surface area contributed by atoms with E-state index in [9.17, 15) is 9.65 Å².